The highest BCUT2D eigenvalue weighted by atomic mass is 32.2. The van der Waals surface area contributed by atoms with Crippen molar-refractivity contribution in [2.45, 2.75) is 57.0 Å². The Balaban J connectivity index is 1.70. The highest BCUT2D eigenvalue weighted by Crippen LogP contribution is 2.24. The van der Waals surface area contributed by atoms with E-state index in [2.05, 4.69) is 23.8 Å². The lowest BCUT2D eigenvalue weighted by atomic mass is 10.0. The van der Waals surface area contributed by atoms with Crippen molar-refractivity contribution in [1.82, 2.24) is 14.3 Å². The van der Waals surface area contributed by atoms with Crippen molar-refractivity contribution in [3.63, 3.8) is 0 Å². The van der Waals surface area contributed by atoms with Crippen LogP contribution in [-0.2, 0) is 16.4 Å². The molecule has 7 heteroatoms. The number of aryl methyl sites for hydroxylation is 1. The van der Waals surface area contributed by atoms with Crippen LogP contribution in [-0.4, -0.2) is 41.9 Å². The first-order chi connectivity index (χ1) is 12.9. The number of ether oxygens (including phenoxy) is 1. The van der Waals surface area contributed by atoms with Crippen molar-refractivity contribution >= 4 is 10.0 Å². The minimum atomic E-state index is -3.53. The zero-order valence-corrected chi connectivity index (χ0v) is 16.9. The Kier molecular flexibility index (Phi) is 6.11. The first-order valence-electron chi connectivity index (χ1n) is 9.48. The standard InChI is InChI=1S/C20H27N3O3S/c1-4-16-12-21-20(22-13-16)26-18-6-5-11-23(14-18)27(24,25)19-9-7-17(8-10-19)15(2)3/h7-10,12-13,15,18H,4-6,11,14H2,1-3H3. The molecule has 1 aromatic heterocycles. The topological polar surface area (TPSA) is 72.4 Å². The van der Waals surface area contributed by atoms with Gasteiger partial charge in [0.05, 0.1) is 11.4 Å². The maximum absolute atomic E-state index is 13.0. The normalized spacial score (nSPS) is 18.6. The largest absolute Gasteiger partial charge is 0.459 e. The Morgan fingerprint density at radius 1 is 1.19 bits per heavy atom. The molecule has 0 spiro atoms. The second-order valence-corrected chi connectivity index (χ2v) is 9.13. The van der Waals surface area contributed by atoms with Crippen LogP contribution in [0.15, 0.2) is 41.6 Å². The summed E-state index contributed by atoms with van der Waals surface area (Å²) in [7, 11) is -3.53. The van der Waals surface area contributed by atoms with Gasteiger partial charge in [0.25, 0.3) is 0 Å². The summed E-state index contributed by atoms with van der Waals surface area (Å²) in [6.45, 7) is 7.03. The lowest BCUT2D eigenvalue weighted by Gasteiger charge is -2.31. The molecular weight excluding hydrogens is 362 g/mol. The number of aromatic nitrogens is 2. The highest BCUT2D eigenvalue weighted by molar-refractivity contribution is 7.89. The van der Waals surface area contributed by atoms with Gasteiger partial charge >= 0.3 is 6.01 Å². The summed E-state index contributed by atoms with van der Waals surface area (Å²) in [5.41, 5.74) is 2.17. The van der Waals surface area contributed by atoms with Crippen molar-refractivity contribution in [3.8, 4) is 6.01 Å². The van der Waals surface area contributed by atoms with Gasteiger partial charge in [0, 0.05) is 18.9 Å². The van der Waals surface area contributed by atoms with Gasteiger partial charge in [-0.05, 0) is 48.4 Å². The van der Waals surface area contributed by atoms with E-state index >= 15 is 0 Å². The fourth-order valence-electron chi connectivity index (χ4n) is 3.13. The van der Waals surface area contributed by atoms with Crippen molar-refractivity contribution in [1.29, 1.82) is 0 Å². The molecule has 27 heavy (non-hydrogen) atoms. The van der Waals surface area contributed by atoms with Crippen LogP contribution in [0.1, 0.15) is 50.7 Å². The van der Waals surface area contributed by atoms with Crippen molar-refractivity contribution in [2.24, 2.45) is 0 Å². The Morgan fingerprint density at radius 3 is 2.44 bits per heavy atom. The predicted molar refractivity (Wildman–Crippen MR) is 104 cm³/mol. The van der Waals surface area contributed by atoms with Crippen LogP contribution in [0.2, 0.25) is 0 Å². The molecule has 6 nitrogen and oxygen atoms in total. The van der Waals surface area contributed by atoms with Crippen molar-refractivity contribution in [3.05, 3.63) is 47.8 Å². The van der Waals surface area contributed by atoms with Crippen LogP contribution in [0.4, 0.5) is 0 Å². The predicted octanol–water partition coefficient (Wildman–Crippen LogP) is 3.39. The molecule has 1 saturated heterocycles. The van der Waals surface area contributed by atoms with Gasteiger partial charge in [0.15, 0.2) is 0 Å². The van der Waals surface area contributed by atoms with E-state index in [-0.39, 0.29) is 6.10 Å². The Hall–Kier alpha value is -1.99. The van der Waals surface area contributed by atoms with E-state index in [4.69, 9.17) is 4.74 Å². The van der Waals surface area contributed by atoms with Crippen LogP contribution < -0.4 is 4.74 Å². The zero-order chi connectivity index (χ0) is 19.4. The van der Waals surface area contributed by atoms with E-state index in [9.17, 15) is 8.42 Å². The molecule has 1 aromatic carbocycles. The summed E-state index contributed by atoms with van der Waals surface area (Å²) in [6, 6.07) is 7.47. The third-order valence-corrected chi connectivity index (χ3v) is 6.77. The maximum atomic E-state index is 13.0. The quantitative estimate of drug-likeness (QED) is 0.757. The molecule has 1 aliphatic heterocycles. The number of piperidine rings is 1. The van der Waals surface area contributed by atoms with E-state index in [0.29, 0.717) is 29.9 Å². The summed E-state index contributed by atoms with van der Waals surface area (Å²) >= 11 is 0. The molecule has 1 fully saturated rings. The SMILES string of the molecule is CCc1cnc(OC2CCCN(S(=O)(=O)c3ccc(C(C)C)cc3)C2)nc1. The molecule has 0 saturated carbocycles. The van der Waals surface area contributed by atoms with Gasteiger partial charge < -0.3 is 4.74 Å². The summed E-state index contributed by atoms with van der Waals surface area (Å²) in [5.74, 6) is 0.369. The zero-order valence-electron chi connectivity index (χ0n) is 16.1. The van der Waals surface area contributed by atoms with E-state index in [0.717, 1.165) is 30.4 Å². The number of rotatable bonds is 6. The molecule has 0 aliphatic carbocycles. The molecule has 0 radical (unpaired) electrons. The average Bonchev–Trinajstić information content (AvgIpc) is 2.69. The van der Waals surface area contributed by atoms with Crippen LogP contribution >= 0.6 is 0 Å². The van der Waals surface area contributed by atoms with Gasteiger partial charge in [-0.25, -0.2) is 18.4 Å². The second kappa shape index (κ2) is 8.35. The first-order valence-corrected chi connectivity index (χ1v) is 10.9. The lowest BCUT2D eigenvalue weighted by Crippen LogP contribution is -2.44. The summed E-state index contributed by atoms with van der Waals surface area (Å²) in [6.07, 6.45) is 5.66. The van der Waals surface area contributed by atoms with E-state index in [1.807, 2.05) is 19.1 Å². The summed E-state index contributed by atoms with van der Waals surface area (Å²) in [4.78, 5) is 8.76. The number of hydrogen-bond donors (Lipinski definition) is 0. The van der Waals surface area contributed by atoms with Gasteiger partial charge in [-0.3, -0.25) is 0 Å². The van der Waals surface area contributed by atoms with Gasteiger partial charge in [0.2, 0.25) is 10.0 Å². The Labute approximate surface area is 161 Å². The number of hydrogen-bond acceptors (Lipinski definition) is 5. The Morgan fingerprint density at radius 2 is 1.85 bits per heavy atom. The molecule has 0 N–H and O–H groups in total. The fourth-order valence-corrected chi connectivity index (χ4v) is 4.64. The molecule has 2 heterocycles. The molecule has 0 amide bonds. The molecule has 1 aliphatic rings. The van der Waals surface area contributed by atoms with Crippen molar-refractivity contribution < 1.29 is 13.2 Å². The smallest absolute Gasteiger partial charge is 0.316 e. The fraction of sp³-hybridized carbons (Fsp3) is 0.500. The monoisotopic (exact) mass is 389 g/mol. The average molecular weight is 390 g/mol. The summed E-state index contributed by atoms with van der Waals surface area (Å²) in [5, 5.41) is 0. The van der Waals surface area contributed by atoms with Gasteiger partial charge in [-0.1, -0.05) is 32.9 Å². The molecule has 146 valence electrons. The maximum Gasteiger partial charge on any atom is 0.316 e. The molecular formula is C20H27N3O3S. The van der Waals surface area contributed by atoms with E-state index < -0.39 is 10.0 Å². The highest BCUT2D eigenvalue weighted by Gasteiger charge is 2.31. The Bertz CT molecular complexity index is 849. The minimum Gasteiger partial charge on any atom is -0.459 e. The minimum absolute atomic E-state index is 0.240. The molecule has 3 rings (SSSR count). The third-order valence-electron chi connectivity index (χ3n) is 4.89. The molecule has 1 atom stereocenters. The van der Waals surface area contributed by atoms with Gasteiger partial charge in [-0.2, -0.15) is 4.31 Å². The van der Waals surface area contributed by atoms with Crippen LogP contribution in [0.25, 0.3) is 0 Å². The van der Waals surface area contributed by atoms with Crippen LogP contribution in [0.5, 0.6) is 6.01 Å². The molecule has 0 bridgehead atoms. The number of benzene rings is 1. The van der Waals surface area contributed by atoms with Crippen LogP contribution in [0, 0.1) is 0 Å². The molecule has 1 unspecified atom stereocenters. The van der Waals surface area contributed by atoms with Crippen LogP contribution in [0.3, 0.4) is 0 Å². The van der Waals surface area contributed by atoms with E-state index in [1.165, 1.54) is 4.31 Å². The van der Waals surface area contributed by atoms with Crippen molar-refractivity contribution in [2.75, 3.05) is 13.1 Å². The number of nitrogens with zero attached hydrogens (tertiary/aromatic N) is 3. The first kappa shape index (κ1) is 19.8. The van der Waals surface area contributed by atoms with Gasteiger partial charge in [0.1, 0.15) is 6.10 Å². The number of sulfonamides is 1. The molecule has 2 aromatic rings. The van der Waals surface area contributed by atoms with E-state index in [1.54, 1.807) is 24.5 Å². The summed E-state index contributed by atoms with van der Waals surface area (Å²) < 4.78 is 33.3. The lowest BCUT2D eigenvalue weighted by molar-refractivity contribution is 0.119. The second-order valence-electron chi connectivity index (χ2n) is 7.20. The third kappa shape index (κ3) is 4.65. The van der Waals surface area contributed by atoms with Gasteiger partial charge in [-0.15, -0.1) is 0 Å².